The highest BCUT2D eigenvalue weighted by Crippen LogP contribution is 2.12. The van der Waals surface area contributed by atoms with Crippen LogP contribution in [0.25, 0.3) is 0 Å². The fourth-order valence-corrected chi connectivity index (χ4v) is 1.19. The van der Waals surface area contributed by atoms with Crippen LogP contribution >= 0.6 is 0 Å². The van der Waals surface area contributed by atoms with E-state index in [9.17, 15) is 0 Å². The molecule has 0 radical (unpaired) electrons. The molecule has 0 atom stereocenters. The van der Waals surface area contributed by atoms with Crippen molar-refractivity contribution in [3.8, 4) is 0 Å². The lowest BCUT2D eigenvalue weighted by atomic mass is 10.1. The Morgan fingerprint density at radius 1 is 1.44 bits per heavy atom. The van der Waals surface area contributed by atoms with E-state index in [-0.39, 0.29) is 5.54 Å². The van der Waals surface area contributed by atoms with Gasteiger partial charge >= 0.3 is 0 Å². The SMILES string of the molecule is CC(C)(C)n1cc(CNc2ccon2)nn1. The van der Waals surface area contributed by atoms with Gasteiger partial charge in [0.2, 0.25) is 0 Å². The molecule has 0 aliphatic rings. The zero-order chi connectivity index (χ0) is 11.6. The summed E-state index contributed by atoms with van der Waals surface area (Å²) in [6, 6.07) is 1.76. The molecule has 0 saturated heterocycles. The predicted molar refractivity (Wildman–Crippen MR) is 58.8 cm³/mol. The van der Waals surface area contributed by atoms with Crippen LogP contribution in [0.5, 0.6) is 0 Å². The molecule has 6 heteroatoms. The van der Waals surface area contributed by atoms with Crippen LogP contribution in [-0.4, -0.2) is 20.2 Å². The number of aromatic nitrogens is 4. The summed E-state index contributed by atoms with van der Waals surface area (Å²) in [4.78, 5) is 0. The van der Waals surface area contributed by atoms with Crippen molar-refractivity contribution < 1.29 is 4.52 Å². The van der Waals surface area contributed by atoms with Crippen molar-refractivity contribution >= 4 is 5.82 Å². The molecule has 0 aliphatic heterocycles. The Kier molecular flexibility index (Phi) is 2.64. The normalized spacial score (nSPS) is 11.7. The molecule has 0 fully saturated rings. The van der Waals surface area contributed by atoms with Gasteiger partial charge in [0.15, 0.2) is 5.82 Å². The zero-order valence-electron chi connectivity index (χ0n) is 9.64. The minimum atomic E-state index is -0.0425. The molecule has 0 amide bonds. The summed E-state index contributed by atoms with van der Waals surface area (Å²) in [5, 5.41) is 15.0. The van der Waals surface area contributed by atoms with Crippen molar-refractivity contribution in [3.05, 3.63) is 24.2 Å². The summed E-state index contributed by atoms with van der Waals surface area (Å²) in [5.74, 6) is 0.699. The maximum Gasteiger partial charge on any atom is 0.169 e. The number of hydrogen-bond acceptors (Lipinski definition) is 5. The summed E-state index contributed by atoms with van der Waals surface area (Å²) >= 11 is 0. The number of rotatable bonds is 3. The first-order chi connectivity index (χ1) is 7.55. The van der Waals surface area contributed by atoms with Crippen molar-refractivity contribution in [2.24, 2.45) is 0 Å². The van der Waals surface area contributed by atoms with Gasteiger partial charge in [0.25, 0.3) is 0 Å². The van der Waals surface area contributed by atoms with E-state index in [0.29, 0.717) is 12.4 Å². The molecule has 2 aromatic heterocycles. The number of hydrogen-bond donors (Lipinski definition) is 1. The Bertz CT molecular complexity index is 440. The average Bonchev–Trinajstić information content (AvgIpc) is 2.85. The Balaban J connectivity index is 1.98. The molecule has 0 aromatic carbocycles. The van der Waals surface area contributed by atoms with Gasteiger partial charge in [-0.25, -0.2) is 4.68 Å². The molecule has 0 unspecified atom stereocenters. The monoisotopic (exact) mass is 221 g/mol. The lowest BCUT2D eigenvalue weighted by molar-refractivity contribution is 0.347. The fourth-order valence-electron chi connectivity index (χ4n) is 1.19. The Morgan fingerprint density at radius 2 is 2.25 bits per heavy atom. The second-order valence-electron chi connectivity index (χ2n) is 4.56. The van der Waals surface area contributed by atoms with E-state index in [4.69, 9.17) is 4.52 Å². The van der Waals surface area contributed by atoms with Crippen LogP contribution in [0.4, 0.5) is 5.82 Å². The molecule has 2 heterocycles. The molecular weight excluding hydrogens is 206 g/mol. The van der Waals surface area contributed by atoms with Crippen LogP contribution in [0, 0.1) is 0 Å². The van der Waals surface area contributed by atoms with Gasteiger partial charge in [-0.2, -0.15) is 0 Å². The van der Waals surface area contributed by atoms with Crippen molar-refractivity contribution in [1.29, 1.82) is 0 Å². The molecular formula is C10H15N5O. The van der Waals surface area contributed by atoms with Gasteiger partial charge in [-0.05, 0) is 20.8 Å². The molecule has 86 valence electrons. The number of nitrogens with zero attached hydrogens (tertiary/aromatic N) is 4. The smallest absolute Gasteiger partial charge is 0.169 e. The predicted octanol–water partition coefficient (Wildman–Crippen LogP) is 1.63. The van der Waals surface area contributed by atoms with E-state index in [1.807, 2.05) is 10.9 Å². The van der Waals surface area contributed by atoms with E-state index < -0.39 is 0 Å². The Hall–Kier alpha value is -1.85. The topological polar surface area (TPSA) is 68.8 Å². The maximum absolute atomic E-state index is 4.71. The van der Waals surface area contributed by atoms with Crippen molar-refractivity contribution in [3.63, 3.8) is 0 Å². The highest BCUT2D eigenvalue weighted by molar-refractivity contribution is 5.30. The molecule has 2 aromatic rings. The fraction of sp³-hybridized carbons (Fsp3) is 0.500. The van der Waals surface area contributed by atoms with Crippen LogP contribution in [0.1, 0.15) is 26.5 Å². The van der Waals surface area contributed by atoms with Crippen LogP contribution < -0.4 is 5.32 Å². The van der Waals surface area contributed by atoms with Crippen molar-refractivity contribution in [1.82, 2.24) is 20.2 Å². The summed E-state index contributed by atoms with van der Waals surface area (Å²) in [6.07, 6.45) is 3.45. The van der Waals surface area contributed by atoms with E-state index in [1.165, 1.54) is 6.26 Å². The Morgan fingerprint density at radius 3 is 2.81 bits per heavy atom. The summed E-state index contributed by atoms with van der Waals surface area (Å²) in [5.41, 5.74) is 0.831. The van der Waals surface area contributed by atoms with Crippen LogP contribution in [0.2, 0.25) is 0 Å². The van der Waals surface area contributed by atoms with Gasteiger partial charge in [-0.15, -0.1) is 5.10 Å². The number of nitrogens with one attached hydrogen (secondary N) is 1. The minimum absolute atomic E-state index is 0.0425. The summed E-state index contributed by atoms with van der Waals surface area (Å²) < 4.78 is 6.55. The molecule has 0 aliphatic carbocycles. The molecule has 2 rings (SSSR count). The van der Waals surface area contributed by atoms with Gasteiger partial charge in [-0.1, -0.05) is 10.4 Å². The third kappa shape index (κ3) is 2.39. The van der Waals surface area contributed by atoms with E-state index in [2.05, 4.69) is 41.6 Å². The van der Waals surface area contributed by atoms with E-state index in [0.717, 1.165) is 5.69 Å². The zero-order valence-corrected chi connectivity index (χ0v) is 9.64. The van der Waals surface area contributed by atoms with Crippen LogP contribution in [0.15, 0.2) is 23.0 Å². The van der Waals surface area contributed by atoms with Gasteiger partial charge in [-0.3, -0.25) is 0 Å². The lowest BCUT2D eigenvalue weighted by Crippen LogP contribution is -2.22. The maximum atomic E-state index is 4.71. The minimum Gasteiger partial charge on any atom is -0.363 e. The Labute approximate surface area is 93.6 Å². The quantitative estimate of drug-likeness (QED) is 0.853. The first-order valence-corrected chi connectivity index (χ1v) is 5.12. The van der Waals surface area contributed by atoms with Crippen molar-refractivity contribution in [2.75, 3.05) is 5.32 Å². The standard InChI is InChI=1S/C10H15N5O/c1-10(2,3)15-7-8(12-14-15)6-11-9-4-5-16-13-9/h4-5,7H,6H2,1-3H3,(H,11,13). The largest absolute Gasteiger partial charge is 0.363 e. The average molecular weight is 221 g/mol. The summed E-state index contributed by atoms with van der Waals surface area (Å²) in [7, 11) is 0. The van der Waals surface area contributed by atoms with Crippen molar-refractivity contribution in [2.45, 2.75) is 32.9 Å². The van der Waals surface area contributed by atoms with Crippen LogP contribution in [0.3, 0.4) is 0 Å². The van der Waals surface area contributed by atoms with E-state index >= 15 is 0 Å². The molecule has 6 nitrogen and oxygen atoms in total. The first-order valence-electron chi connectivity index (χ1n) is 5.12. The number of anilines is 1. The molecule has 1 N–H and O–H groups in total. The second-order valence-corrected chi connectivity index (χ2v) is 4.56. The van der Waals surface area contributed by atoms with Gasteiger partial charge < -0.3 is 9.84 Å². The summed E-state index contributed by atoms with van der Waals surface area (Å²) in [6.45, 7) is 6.83. The highest BCUT2D eigenvalue weighted by atomic mass is 16.5. The van der Waals surface area contributed by atoms with Crippen LogP contribution in [-0.2, 0) is 12.1 Å². The first kappa shape index (κ1) is 10.7. The van der Waals surface area contributed by atoms with E-state index in [1.54, 1.807) is 6.07 Å². The highest BCUT2D eigenvalue weighted by Gasteiger charge is 2.14. The third-order valence-corrected chi connectivity index (χ3v) is 2.12. The lowest BCUT2D eigenvalue weighted by Gasteiger charge is -2.17. The molecule has 0 spiro atoms. The molecule has 0 bridgehead atoms. The molecule has 0 saturated carbocycles. The third-order valence-electron chi connectivity index (χ3n) is 2.12. The molecule has 16 heavy (non-hydrogen) atoms. The van der Waals surface area contributed by atoms with Gasteiger partial charge in [0.1, 0.15) is 12.0 Å². The second kappa shape index (κ2) is 3.96. The van der Waals surface area contributed by atoms with Gasteiger partial charge in [0.05, 0.1) is 18.3 Å². The van der Waals surface area contributed by atoms with Gasteiger partial charge in [0, 0.05) is 6.07 Å².